The van der Waals surface area contributed by atoms with Crippen molar-refractivity contribution in [1.82, 2.24) is 4.90 Å². The zero-order valence-corrected chi connectivity index (χ0v) is 10.7. The van der Waals surface area contributed by atoms with Crippen LogP contribution in [0.2, 0.25) is 0 Å². The van der Waals surface area contributed by atoms with Gasteiger partial charge in [-0.15, -0.1) is 11.3 Å². The van der Waals surface area contributed by atoms with Crippen LogP contribution in [0, 0.1) is 0 Å². The molecule has 1 amide bonds. The predicted octanol–water partition coefficient (Wildman–Crippen LogP) is 2.33. The number of thiophene rings is 1. The Morgan fingerprint density at radius 3 is 2.53 bits per heavy atom. The van der Waals surface area contributed by atoms with Crippen LogP contribution in [0.25, 0.3) is 6.08 Å². The van der Waals surface area contributed by atoms with E-state index in [0.29, 0.717) is 18.0 Å². The normalized spacial score (nSPS) is 10.7. The number of hydrogen-bond acceptors (Lipinski definition) is 3. The number of aliphatic carboxylic acids is 1. The van der Waals surface area contributed by atoms with E-state index in [4.69, 9.17) is 5.11 Å². The summed E-state index contributed by atoms with van der Waals surface area (Å²) in [6, 6.07) is 3.48. The Kier molecular flexibility index (Phi) is 4.90. The van der Waals surface area contributed by atoms with Gasteiger partial charge in [-0.05, 0) is 32.1 Å². The van der Waals surface area contributed by atoms with E-state index in [0.717, 1.165) is 11.0 Å². The first-order chi connectivity index (χ1) is 8.08. The largest absolute Gasteiger partial charge is 0.478 e. The third-order valence-electron chi connectivity index (χ3n) is 2.28. The van der Waals surface area contributed by atoms with Gasteiger partial charge < -0.3 is 10.0 Å². The molecule has 0 radical (unpaired) electrons. The summed E-state index contributed by atoms with van der Waals surface area (Å²) in [4.78, 5) is 25.4. The second-order valence-corrected chi connectivity index (χ2v) is 4.47. The van der Waals surface area contributed by atoms with Crippen LogP contribution in [0.1, 0.15) is 28.4 Å². The molecule has 0 aliphatic carbocycles. The third-order valence-corrected chi connectivity index (χ3v) is 3.32. The molecular weight excluding hydrogens is 238 g/mol. The van der Waals surface area contributed by atoms with E-state index in [1.165, 1.54) is 17.4 Å². The molecule has 5 heteroatoms. The number of rotatable bonds is 5. The van der Waals surface area contributed by atoms with Gasteiger partial charge in [0.15, 0.2) is 0 Å². The van der Waals surface area contributed by atoms with Crippen molar-refractivity contribution in [2.45, 2.75) is 13.8 Å². The Labute approximate surface area is 104 Å². The highest BCUT2D eigenvalue weighted by Gasteiger charge is 2.13. The predicted molar refractivity (Wildman–Crippen MR) is 68.2 cm³/mol. The molecule has 0 bridgehead atoms. The maximum atomic E-state index is 12.0. The fourth-order valence-electron chi connectivity index (χ4n) is 1.38. The zero-order chi connectivity index (χ0) is 12.8. The van der Waals surface area contributed by atoms with Crippen LogP contribution in [-0.2, 0) is 4.79 Å². The Hall–Kier alpha value is -1.62. The molecule has 0 saturated heterocycles. The van der Waals surface area contributed by atoms with Crippen molar-refractivity contribution in [3.63, 3.8) is 0 Å². The van der Waals surface area contributed by atoms with E-state index in [1.807, 2.05) is 13.8 Å². The van der Waals surface area contributed by atoms with Crippen LogP contribution in [0.3, 0.4) is 0 Å². The molecule has 1 N–H and O–H groups in total. The van der Waals surface area contributed by atoms with E-state index in [1.54, 1.807) is 17.0 Å². The fourth-order valence-corrected chi connectivity index (χ4v) is 2.26. The lowest BCUT2D eigenvalue weighted by atomic mass is 10.3. The van der Waals surface area contributed by atoms with Gasteiger partial charge in [-0.25, -0.2) is 4.79 Å². The number of hydrogen-bond donors (Lipinski definition) is 1. The van der Waals surface area contributed by atoms with Gasteiger partial charge in [0.05, 0.1) is 4.88 Å². The van der Waals surface area contributed by atoms with Gasteiger partial charge >= 0.3 is 5.97 Å². The zero-order valence-electron chi connectivity index (χ0n) is 9.84. The van der Waals surface area contributed by atoms with Gasteiger partial charge in [0.25, 0.3) is 5.91 Å². The monoisotopic (exact) mass is 253 g/mol. The molecule has 1 aromatic rings. The van der Waals surface area contributed by atoms with E-state index in [9.17, 15) is 9.59 Å². The third kappa shape index (κ3) is 3.71. The molecule has 0 saturated carbocycles. The van der Waals surface area contributed by atoms with Gasteiger partial charge in [-0.2, -0.15) is 0 Å². The van der Waals surface area contributed by atoms with Gasteiger partial charge in [-0.3, -0.25) is 4.79 Å². The lowest BCUT2D eigenvalue weighted by Crippen LogP contribution is -2.29. The number of amides is 1. The average Bonchev–Trinajstić information content (AvgIpc) is 2.76. The van der Waals surface area contributed by atoms with E-state index in [-0.39, 0.29) is 5.91 Å². The molecule has 1 rings (SSSR count). The first-order valence-corrected chi connectivity index (χ1v) is 6.20. The summed E-state index contributed by atoms with van der Waals surface area (Å²) in [5.74, 6) is -0.995. The molecule has 1 heterocycles. The van der Waals surface area contributed by atoms with Gasteiger partial charge in [-0.1, -0.05) is 0 Å². The highest BCUT2D eigenvalue weighted by atomic mass is 32.1. The summed E-state index contributed by atoms with van der Waals surface area (Å²) < 4.78 is 0. The highest BCUT2D eigenvalue weighted by Crippen LogP contribution is 2.19. The molecule has 0 atom stereocenters. The SMILES string of the molecule is CCN(CC)C(=O)c1ccc(C=CC(=O)O)s1. The molecule has 4 nitrogen and oxygen atoms in total. The lowest BCUT2D eigenvalue weighted by Gasteiger charge is -2.17. The molecule has 0 spiro atoms. The molecule has 0 unspecified atom stereocenters. The minimum Gasteiger partial charge on any atom is -0.478 e. The van der Waals surface area contributed by atoms with Gasteiger partial charge in [0.1, 0.15) is 0 Å². The number of nitrogens with zero attached hydrogens (tertiary/aromatic N) is 1. The smallest absolute Gasteiger partial charge is 0.328 e. The van der Waals surface area contributed by atoms with Crippen molar-refractivity contribution in [1.29, 1.82) is 0 Å². The second kappa shape index (κ2) is 6.20. The van der Waals surface area contributed by atoms with E-state index in [2.05, 4.69) is 0 Å². The van der Waals surface area contributed by atoms with E-state index < -0.39 is 5.97 Å². The van der Waals surface area contributed by atoms with Crippen LogP contribution < -0.4 is 0 Å². The Morgan fingerprint density at radius 2 is 2.00 bits per heavy atom. The minimum atomic E-state index is -0.991. The number of carboxylic acids is 1. The second-order valence-electron chi connectivity index (χ2n) is 3.35. The summed E-state index contributed by atoms with van der Waals surface area (Å²) in [5, 5.41) is 8.50. The van der Waals surface area contributed by atoms with Crippen LogP contribution >= 0.6 is 11.3 Å². The van der Waals surface area contributed by atoms with Crippen molar-refractivity contribution in [2.75, 3.05) is 13.1 Å². The quantitative estimate of drug-likeness (QED) is 0.819. The van der Waals surface area contributed by atoms with Crippen molar-refractivity contribution in [2.24, 2.45) is 0 Å². The molecular formula is C12H15NO3S. The Balaban J connectivity index is 2.80. The number of carbonyl (C=O) groups excluding carboxylic acids is 1. The molecule has 92 valence electrons. The summed E-state index contributed by atoms with van der Waals surface area (Å²) in [7, 11) is 0. The van der Waals surface area contributed by atoms with Gasteiger partial charge in [0.2, 0.25) is 0 Å². The van der Waals surface area contributed by atoms with Crippen molar-refractivity contribution >= 4 is 29.3 Å². The lowest BCUT2D eigenvalue weighted by molar-refractivity contribution is -0.131. The van der Waals surface area contributed by atoms with Crippen LogP contribution in [0.4, 0.5) is 0 Å². The Bertz CT molecular complexity index is 433. The van der Waals surface area contributed by atoms with Crippen molar-refractivity contribution < 1.29 is 14.7 Å². The summed E-state index contributed by atoms with van der Waals surface area (Å²) in [6.07, 6.45) is 2.56. The summed E-state index contributed by atoms with van der Waals surface area (Å²) in [6.45, 7) is 5.21. The molecule has 0 aliphatic rings. The molecule has 17 heavy (non-hydrogen) atoms. The molecule has 0 aliphatic heterocycles. The molecule has 0 aromatic carbocycles. The topological polar surface area (TPSA) is 57.6 Å². The van der Waals surface area contributed by atoms with Crippen LogP contribution in [0.15, 0.2) is 18.2 Å². The molecule has 0 fully saturated rings. The van der Waals surface area contributed by atoms with Crippen LogP contribution in [0.5, 0.6) is 0 Å². The first kappa shape index (κ1) is 13.4. The summed E-state index contributed by atoms with van der Waals surface area (Å²) >= 11 is 1.30. The maximum absolute atomic E-state index is 12.0. The number of carboxylic acid groups (broad SMARTS) is 1. The van der Waals surface area contributed by atoms with Crippen LogP contribution in [-0.4, -0.2) is 35.0 Å². The maximum Gasteiger partial charge on any atom is 0.328 e. The molecule has 1 aromatic heterocycles. The highest BCUT2D eigenvalue weighted by molar-refractivity contribution is 7.14. The fraction of sp³-hybridized carbons (Fsp3) is 0.333. The standard InChI is InChI=1S/C12H15NO3S/c1-3-13(4-2)12(16)10-7-5-9(17-10)6-8-11(14)15/h5-8H,3-4H2,1-2H3,(H,14,15). The van der Waals surface area contributed by atoms with E-state index >= 15 is 0 Å². The summed E-state index contributed by atoms with van der Waals surface area (Å²) in [5.41, 5.74) is 0. The first-order valence-electron chi connectivity index (χ1n) is 5.38. The Morgan fingerprint density at radius 1 is 1.35 bits per heavy atom. The minimum absolute atomic E-state index is 0.00465. The van der Waals surface area contributed by atoms with Gasteiger partial charge in [0, 0.05) is 24.0 Å². The van der Waals surface area contributed by atoms with Crippen molar-refractivity contribution in [3.8, 4) is 0 Å². The average molecular weight is 253 g/mol. The number of carbonyl (C=O) groups is 2. The van der Waals surface area contributed by atoms with Crippen molar-refractivity contribution in [3.05, 3.63) is 28.0 Å².